The minimum absolute atomic E-state index is 0.228. The Balaban J connectivity index is 2.87. The highest BCUT2D eigenvalue weighted by molar-refractivity contribution is 5.81. The van der Waals surface area contributed by atoms with E-state index in [1.165, 1.54) is 7.11 Å². The first kappa shape index (κ1) is 13.8. The predicted molar refractivity (Wildman–Crippen MR) is 49.2 cm³/mol. The van der Waals surface area contributed by atoms with Crippen molar-refractivity contribution in [2.75, 3.05) is 26.8 Å². The van der Waals surface area contributed by atoms with E-state index in [2.05, 4.69) is 4.74 Å². The lowest BCUT2D eigenvalue weighted by Crippen LogP contribution is -2.48. The smallest absolute Gasteiger partial charge is 0.406 e. The maximum absolute atomic E-state index is 12.7. The molecule has 1 heterocycles. The lowest BCUT2D eigenvalue weighted by Gasteiger charge is -2.27. The number of amides is 1. The van der Waals surface area contributed by atoms with Gasteiger partial charge < -0.3 is 14.7 Å². The molecule has 8 heteroatoms. The molecule has 1 aliphatic rings. The maximum atomic E-state index is 12.7. The highest BCUT2D eigenvalue weighted by Crippen LogP contribution is 2.45. The predicted octanol–water partition coefficient (Wildman–Crippen LogP) is 0.498. The van der Waals surface area contributed by atoms with Crippen molar-refractivity contribution < 1.29 is 32.6 Å². The Kier molecular flexibility index (Phi) is 3.65. The zero-order chi connectivity index (χ0) is 13.3. The van der Waals surface area contributed by atoms with Crippen LogP contribution in [0.1, 0.15) is 6.42 Å². The van der Waals surface area contributed by atoms with Gasteiger partial charge in [0.1, 0.15) is 6.61 Å². The summed E-state index contributed by atoms with van der Waals surface area (Å²) in [5, 5.41) is 8.74. The number of aliphatic carboxylic acids is 1. The van der Waals surface area contributed by atoms with Crippen molar-refractivity contribution >= 4 is 11.9 Å². The van der Waals surface area contributed by atoms with Crippen molar-refractivity contribution in [1.29, 1.82) is 0 Å². The van der Waals surface area contributed by atoms with E-state index in [1.807, 2.05) is 0 Å². The molecular weight excluding hydrogens is 243 g/mol. The number of methoxy groups -OCH3 is 1. The van der Waals surface area contributed by atoms with Crippen molar-refractivity contribution in [3.05, 3.63) is 0 Å². The highest BCUT2D eigenvalue weighted by Gasteiger charge is 2.64. The Morgan fingerprint density at radius 3 is 2.41 bits per heavy atom. The van der Waals surface area contributed by atoms with Crippen LogP contribution in [0.3, 0.4) is 0 Å². The third kappa shape index (κ3) is 2.36. The SMILES string of the molecule is COCC(=O)N1CCC(C(=O)O)(C(F)(F)F)C1. The second-order valence-corrected chi connectivity index (χ2v) is 3.88. The Bertz CT molecular complexity index is 331. The molecule has 17 heavy (non-hydrogen) atoms. The topological polar surface area (TPSA) is 66.8 Å². The van der Waals surface area contributed by atoms with E-state index >= 15 is 0 Å². The molecule has 0 bridgehead atoms. The van der Waals surface area contributed by atoms with Crippen LogP contribution in [-0.2, 0) is 14.3 Å². The van der Waals surface area contributed by atoms with E-state index in [9.17, 15) is 22.8 Å². The summed E-state index contributed by atoms with van der Waals surface area (Å²) in [5.41, 5.74) is -2.85. The normalized spacial score (nSPS) is 25.1. The van der Waals surface area contributed by atoms with Gasteiger partial charge in [-0.2, -0.15) is 13.2 Å². The number of ether oxygens (including phenoxy) is 1. The monoisotopic (exact) mass is 255 g/mol. The van der Waals surface area contributed by atoms with Gasteiger partial charge in [0.25, 0.3) is 0 Å². The number of alkyl halides is 3. The summed E-state index contributed by atoms with van der Waals surface area (Å²) in [4.78, 5) is 23.0. The fourth-order valence-electron chi connectivity index (χ4n) is 1.76. The van der Waals surface area contributed by atoms with Gasteiger partial charge in [0.2, 0.25) is 5.91 Å². The molecule has 1 N–H and O–H groups in total. The summed E-state index contributed by atoms with van der Waals surface area (Å²) in [6, 6.07) is 0. The molecule has 1 amide bonds. The summed E-state index contributed by atoms with van der Waals surface area (Å²) >= 11 is 0. The highest BCUT2D eigenvalue weighted by atomic mass is 19.4. The number of carboxylic acids is 1. The summed E-state index contributed by atoms with van der Waals surface area (Å²) in [6.45, 7) is -1.43. The van der Waals surface area contributed by atoms with Crippen LogP contribution in [0.5, 0.6) is 0 Å². The molecule has 1 rings (SSSR count). The van der Waals surface area contributed by atoms with Crippen molar-refractivity contribution in [3.8, 4) is 0 Å². The number of likely N-dealkylation sites (tertiary alicyclic amines) is 1. The number of carboxylic acid groups (broad SMARTS) is 1. The zero-order valence-electron chi connectivity index (χ0n) is 9.08. The first-order valence-corrected chi connectivity index (χ1v) is 4.81. The Hall–Kier alpha value is -1.31. The zero-order valence-corrected chi connectivity index (χ0v) is 9.08. The summed E-state index contributed by atoms with van der Waals surface area (Å²) in [5.74, 6) is -2.59. The quantitative estimate of drug-likeness (QED) is 0.797. The lowest BCUT2D eigenvalue weighted by atomic mass is 9.86. The lowest BCUT2D eigenvalue weighted by molar-refractivity contribution is -0.227. The molecule has 1 aliphatic heterocycles. The van der Waals surface area contributed by atoms with Crippen molar-refractivity contribution in [1.82, 2.24) is 4.90 Å². The first-order chi connectivity index (χ1) is 7.74. The van der Waals surface area contributed by atoms with Gasteiger partial charge in [-0.15, -0.1) is 0 Å². The number of carbonyl (C=O) groups is 2. The van der Waals surface area contributed by atoms with E-state index in [-0.39, 0.29) is 13.2 Å². The molecule has 0 aromatic rings. The van der Waals surface area contributed by atoms with Gasteiger partial charge >= 0.3 is 12.1 Å². The number of hydrogen-bond acceptors (Lipinski definition) is 3. The largest absolute Gasteiger partial charge is 0.481 e. The van der Waals surface area contributed by atoms with E-state index in [0.717, 1.165) is 4.90 Å². The summed E-state index contributed by atoms with van der Waals surface area (Å²) in [6.07, 6.45) is -5.50. The van der Waals surface area contributed by atoms with Gasteiger partial charge in [0, 0.05) is 20.2 Å². The minimum Gasteiger partial charge on any atom is -0.481 e. The molecule has 98 valence electrons. The van der Waals surface area contributed by atoms with Gasteiger partial charge in [-0.05, 0) is 6.42 Å². The van der Waals surface area contributed by atoms with E-state index in [0.29, 0.717) is 0 Å². The van der Waals surface area contributed by atoms with Crippen LogP contribution in [0.15, 0.2) is 0 Å². The molecule has 0 aromatic heterocycles. The Labute approximate surface area is 95.1 Å². The third-order valence-corrected chi connectivity index (χ3v) is 2.84. The summed E-state index contributed by atoms with van der Waals surface area (Å²) in [7, 11) is 1.24. The molecule has 0 saturated carbocycles. The molecule has 0 radical (unpaired) electrons. The van der Waals surface area contributed by atoms with Crippen LogP contribution < -0.4 is 0 Å². The van der Waals surface area contributed by atoms with Crippen LogP contribution in [0, 0.1) is 5.41 Å². The second kappa shape index (κ2) is 4.52. The average molecular weight is 255 g/mol. The maximum Gasteiger partial charge on any atom is 0.406 e. The molecule has 0 aliphatic carbocycles. The molecule has 0 aromatic carbocycles. The number of nitrogens with zero attached hydrogens (tertiary/aromatic N) is 1. The minimum atomic E-state index is -4.87. The average Bonchev–Trinajstić information content (AvgIpc) is 2.62. The standard InChI is InChI=1S/C9H12F3NO4/c1-17-4-6(14)13-3-2-8(5-13,7(15)16)9(10,11)12/h2-5H2,1H3,(H,15,16). The van der Waals surface area contributed by atoms with E-state index in [1.54, 1.807) is 0 Å². The second-order valence-electron chi connectivity index (χ2n) is 3.88. The fourth-order valence-corrected chi connectivity index (χ4v) is 1.76. The molecule has 5 nitrogen and oxygen atoms in total. The van der Waals surface area contributed by atoms with Crippen LogP contribution in [0.4, 0.5) is 13.2 Å². The number of carbonyl (C=O) groups excluding carboxylic acids is 1. The Morgan fingerprint density at radius 1 is 1.47 bits per heavy atom. The number of hydrogen-bond donors (Lipinski definition) is 1. The molecule has 1 saturated heterocycles. The molecular formula is C9H12F3NO4. The molecule has 0 spiro atoms. The Morgan fingerprint density at radius 2 is 2.06 bits per heavy atom. The number of rotatable bonds is 3. The van der Waals surface area contributed by atoms with Gasteiger partial charge in [0.15, 0.2) is 5.41 Å². The van der Waals surface area contributed by atoms with Crippen molar-refractivity contribution in [2.45, 2.75) is 12.6 Å². The van der Waals surface area contributed by atoms with Crippen LogP contribution >= 0.6 is 0 Å². The molecule has 1 unspecified atom stereocenters. The van der Waals surface area contributed by atoms with Gasteiger partial charge in [0.05, 0.1) is 0 Å². The first-order valence-electron chi connectivity index (χ1n) is 4.81. The number of halogens is 3. The summed E-state index contributed by atoms with van der Waals surface area (Å²) < 4.78 is 42.7. The van der Waals surface area contributed by atoms with E-state index in [4.69, 9.17) is 5.11 Å². The molecule has 1 atom stereocenters. The van der Waals surface area contributed by atoms with Crippen molar-refractivity contribution in [3.63, 3.8) is 0 Å². The van der Waals surface area contributed by atoms with E-state index < -0.39 is 36.4 Å². The van der Waals surface area contributed by atoms with Crippen LogP contribution in [-0.4, -0.2) is 54.9 Å². The van der Waals surface area contributed by atoms with Crippen LogP contribution in [0.25, 0.3) is 0 Å². The van der Waals surface area contributed by atoms with Crippen molar-refractivity contribution in [2.24, 2.45) is 5.41 Å². The van der Waals surface area contributed by atoms with Gasteiger partial charge in [-0.1, -0.05) is 0 Å². The third-order valence-electron chi connectivity index (χ3n) is 2.84. The van der Waals surface area contributed by atoms with Gasteiger partial charge in [-0.3, -0.25) is 9.59 Å². The molecule has 1 fully saturated rings. The van der Waals surface area contributed by atoms with Crippen LogP contribution in [0.2, 0.25) is 0 Å². The van der Waals surface area contributed by atoms with Gasteiger partial charge in [-0.25, -0.2) is 0 Å². The fraction of sp³-hybridized carbons (Fsp3) is 0.778.